The molecule has 0 fully saturated rings. The Balaban J connectivity index is 1.32. The van der Waals surface area contributed by atoms with Crippen LogP contribution in [0.5, 0.6) is 11.5 Å². The van der Waals surface area contributed by atoms with Crippen LogP contribution in [0, 0.1) is 0 Å². The van der Waals surface area contributed by atoms with Gasteiger partial charge in [0.15, 0.2) is 11.5 Å². The second-order valence-electron chi connectivity index (χ2n) is 6.70. The maximum atomic E-state index is 12.4. The molecule has 7 nitrogen and oxygen atoms in total. The molecule has 3 aromatic carbocycles. The van der Waals surface area contributed by atoms with E-state index in [2.05, 4.69) is 10.0 Å². The first-order valence-electron chi connectivity index (χ1n) is 9.32. The molecule has 1 amide bonds. The molecular formula is C22H20N2O5S. The number of hydrogen-bond acceptors (Lipinski definition) is 5. The van der Waals surface area contributed by atoms with Crippen molar-refractivity contribution in [2.75, 3.05) is 6.79 Å². The topological polar surface area (TPSA) is 93.7 Å². The smallest absolute Gasteiger partial charge is 0.251 e. The Labute approximate surface area is 174 Å². The van der Waals surface area contributed by atoms with Crippen molar-refractivity contribution in [3.8, 4) is 11.5 Å². The third-order valence-corrected chi connectivity index (χ3v) is 6.04. The number of amides is 1. The summed E-state index contributed by atoms with van der Waals surface area (Å²) in [6.07, 6.45) is 0. The lowest BCUT2D eigenvalue weighted by atomic mass is 10.1. The van der Waals surface area contributed by atoms with Gasteiger partial charge in [-0.25, -0.2) is 13.1 Å². The second-order valence-corrected chi connectivity index (χ2v) is 8.47. The van der Waals surface area contributed by atoms with Crippen molar-refractivity contribution in [1.82, 2.24) is 10.0 Å². The molecule has 3 aromatic rings. The number of fused-ring (bicyclic) bond motifs is 1. The summed E-state index contributed by atoms with van der Waals surface area (Å²) in [6.45, 7) is 0.698. The standard InChI is InChI=1S/C22H20N2O5S/c25-22(23-13-17-8-11-20-21(12-17)29-15-28-20)18-9-6-16(7-10-18)14-24-30(26,27)19-4-2-1-3-5-19/h1-12,24H,13-15H2,(H,23,25). The SMILES string of the molecule is O=C(NCc1ccc2c(c1)OCO2)c1ccc(CNS(=O)(=O)c2ccccc2)cc1. The minimum absolute atomic E-state index is 0.135. The van der Waals surface area contributed by atoms with E-state index in [1.54, 1.807) is 42.5 Å². The molecule has 0 atom stereocenters. The molecule has 1 aliphatic heterocycles. The van der Waals surface area contributed by atoms with Crippen LogP contribution in [-0.4, -0.2) is 21.1 Å². The Morgan fingerprint density at radius 2 is 1.53 bits per heavy atom. The third kappa shape index (κ3) is 4.61. The van der Waals surface area contributed by atoms with Crippen LogP contribution in [0.25, 0.3) is 0 Å². The van der Waals surface area contributed by atoms with Crippen LogP contribution in [-0.2, 0) is 23.1 Å². The van der Waals surface area contributed by atoms with Crippen LogP contribution in [0.4, 0.5) is 0 Å². The quantitative estimate of drug-likeness (QED) is 0.608. The van der Waals surface area contributed by atoms with Gasteiger partial charge in [-0.15, -0.1) is 0 Å². The summed E-state index contributed by atoms with van der Waals surface area (Å²) in [7, 11) is -3.58. The highest BCUT2D eigenvalue weighted by atomic mass is 32.2. The van der Waals surface area contributed by atoms with E-state index < -0.39 is 10.0 Å². The van der Waals surface area contributed by atoms with Gasteiger partial charge in [-0.1, -0.05) is 36.4 Å². The average molecular weight is 424 g/mol. The summed E-state index contributed by atoms with van der Waals surface area (Å²) in [5.41, 5.74) is 2.15. The molecule has 2 N–H and O–H groups in total. The minimum atomic E-state index is -3.58. The second kappa shape index (κ2) is 8.56. The van der Waals surface area contributed by atoms with Gasteiger partial charge in [-0.05, 0) is 47.5 Å². The molecule has 154 valence electrons. The van der Waals surface area contributed by atoms with E-state index in [4.69, 9.17) is 9.47 Å². The Morgan fingerprint density at radius 1 is 0.833 bits per heavy atom. The Bertz CT molecular complexity index is 1150. The Kier molecular flexibility index (Phi) is 5.69. The summed E-state index contributed by atoms with van der Waals surface area (Å²) in [5.74, 6) is 1.15. The summed E-state index contributed by atoms with van der Waals surface area (Å²) in [4.78, 5) is 12.6. The summed E-state index contributed by atoms with van der Waals surface area (Å²) < 4.78 is 37.7. The minimum Gasteiger partial charge on any atom is -0.454 e. The van der Waals surface area contributed by atoms with Crippen LogP contribution in [0.1, 0.15) is 21.5 Å². The first kappa shape index (κ1) is 19.9. The van der Waals surface area contributed by atoms with Crippen molar-refractivity contribution in [1.29, 1.82) is 0 Å². The number of carbonyl (C=O) groups excluding carboxylic acids is 1. The maximum Gasteiger partial charge on any atom is 0.251 e. The fourth-order valence-corrected chi connectivity index (χ4v) is 4.01. The van der Waals surface area contributed by atoms with Gasteiger partial charge in [0.25, 0.3) is 5.91 Å². The molecule has 0 aromatic heterocycles. The van der Waals surface area contributed by atoms with Crippen LogP contribution in [0.3, 0.4) is 0 Å². The largest absolute Gasteiger partial charge is 0.454 e. The fraction of sp³-hybridized carbons (Fsp3) is 0.136. The van der Waals surface area contributed by atoms with E-state index in [1.807, 2.05) is 18.2 Å². The van der Waals surface area contributed by atoms with Gasteiger partial charge in [0, 0.05) is 18.7 Å². The maximum absolute atomic E-state index is 12.4. The van der Waals surface area contributed by atoms with E-state index in [0.29, 0.717) is 23.6 Å². The molecule has 8 heteroatoms. The highest BCUT2D eigenvalue weighted by Crippen LogP contribution is 2.32. The van der Waals surface area contributed by atoms with Crippen LogP contribution in [0.2, 0.25) is 0 Å². The van der Waals surface area contributed by atoms with Gasteiger partial charge in [0.2, 0.25) is 16.8 Å². The molecule has 0 aliphatic carbocycles. The molecule has 0 radical (unpaired) electrons. The number of hydrogen-bond donors (Lipinski definition) is 2. The monoisotopic (exact) mass is 424 g/mol. The normalized spacial score (nSPS) is 12.5. The number of ether oxygens (including phenoxy) is 2. The molecular weight excluding hydrogens is 404 g/mol. The van der Waals surface area contributed by atoms with E-state index in [9.17, 15) is 13.2 Å². The Hall–Kier alpha value is -3.36. The van der Waals surface area contributed by atoms with Crippen LogP contribution >= 0.6 is 0 Å². The van der Waals surface area contributed by atoms with Crippen LogP contribution in [0.15, 0.2) is 77.7 Å². The van der Waals surface area contributed by atoms with Gasteiger partial charge in [0.05, 0.1) is 4.90 Å². The first-order valence-corrected chi connectivity index (χ1v) is 10.8. The van der Waals surface area contributed by atoms with E-state index in [0.717, 1.165) is 11.1 Å². The fourth-order valence-electron chi connectivity index (χ4n) is 2.97. The van der Waals surface area contributed by atoms with Crippen molar-refractivity contribution in [2.24, 2.45) is 0 Å². The van der Waals surface area contributed by atoms with Crippen molar-refractivity contribution in [2.45, 2.75) is 18.0 Å². The zero-order valence-electron chi connectivity index (χ0n) is 16.0. The molecule has 1 heterocycles. The lowest BCUT2D eigenvalue weighted by molar-refractivity contribution is 0.0951. The number of rotatable bonds is 7. The molecule has 0 saturated carbocycles. The highest BCUT2D eigenvalue weighted by Gasteiger charge is 2.15. The zero-order valence-corrected chi connectivity index (χ0v) is 16.8. The molecule has 0 unspecified atom stereocenters. The first-order chi connectivity index (χ1) is 14.5. The van der Waals surface area contributed by atoms with Gasteiger partial charge < -0.3 is 14.8 Å². The summed E-state index contributed by atoms with van der Waals surface area (Å²) >= 11 is 0. The third-order valence-electron chi connectivity index (χ3n) is 4.63. The number of sulfonamides is 1. The number of carbonyl (C=O) groups is 1. The van der Waals surface area contributed by atoms with E-state index in [1.165, 1.54) is 12.1 Å². The highest BCUT2D eigenvalue weighted by molar-refractivity contribution is 7.89. The zero-order chi connectivity index (χ0) is 21.0. The van der Waals surface area contributed by atoms with Crippen molar-refractivity contribution in [3.63, 3.8) is 0 Å². The van der Waals surface area contributed by atoms with Crippen molar-refractivity contribution < 1.29 is 22.7 Å². The van der Waals surface area contributed by atoms with Gasteiger partial charge in [0.1, 0.15) is 0 Å². The number of benzene rings is 3. The van der Waals surface area contributed by atoms with Crippen LogP contribution < -0.4 is 19.5 Å². The van der Waals surface area contributed by atoms with E-state index in [-0.39, 0.29) is 24.1 Å². The van der Waals surface area contributed by atoms with Gasteiger partial charge in [-0.2, -0.15) is 0 Å². The summed E-state index contributed by atoms with van der Waals surface area (Å²) in [6, 6.07) is 20.5. The van der Waals surface area contributed by atoms with Crippen molar-refractivity contribution in [3.05, 3.63) is 89.5 Å². The number of nitrogens with one attached hydrogen (secondary N) is 2. The van der Waals surface area contributed by atoms with E-state index >= 15 is 0 Å². The predicted octanol–water partition coefficient (Wildman–Crippen LogP) is 2.82. The Morgan fingerprint density at radius 3 is 2.30 bits per heavy atom. The van der Waals surface area contributed by atoms with Gasteiger partial charge in [-0.3, -0.25) is 4.79 Å². The molecule has 4 rings (SSSR count). The molecule has 1 aliphatic rings. The lowest BCUT2D eigenvalue weighted by Crippen LogP contribution is -2.24. The molecule has 0 bridgehead atoms. The van der Waals surface area contributed by atoms with Gasteiger partial charge >= 0.3 is 0 Å². The summed E-state index contributed by atoms with van der Waals surface area (Å²) in [5, 5.41) is 2.86. The molecule has 0 spiro atoms. The molecule has 0 saturated heterocycles. The predicted molar refractivity (Wildman–Crippen MR) is 111 cm³/mol. The lowest BCUT2D eigenvalue weighted by Gasteiger charge is -2.09. The average Bonchev–Trinajstić information content (AvgIpc) is 3.25. The van der Waals surface area contributed by atoms with Crippen molar-refractivity contribution >= 4 is 15.9 Å². The molecule has 30 heavy (non-hydrogen) atoms.